The Morgan fingerprint density at radius 1 is 1.41 bits per heavy atom. The molecule has 1 heterocycles. The van der Waals surface area contributed by atoms with Gasteiger partial charge in [0.2, 0.25) is 0 Å². The monoisotopic (exact) mass is 266 g/mol. The summed E-state index contributed by atoms with van der Waals surface area (Å²) in [6, 6.07) is 9.14. The molecule has 0 saturated carbocycles. The lowest BCUT2D eigenvalue weighted by Gasteiger charge is -2.02. The number of rotatable bonds is 4. The van der Waals surface area contributed by atoms with E-state index in [0.29, 0.717) is 22.1 Å². The Kier molecular flexibility index (Phi) is 3.82. The molecule has 0 unspecified atom stereocenters. The topological polar surface area (TPSA) is 26.3 Å². The van der Waals surface area contributed by atoms with Gasteiger partial charge < -0.3 is 4.74 Å². The number of benzene rings is 1. The van der Waals surface area contributed by atoms with E-state index in [0.717, 1.165) is 5.56 Å². The highest BCUT2D eigenvalue weighted by atomic mass is 35.5. The molecule has 0 radical (unpaired) electrons. The number of ether oxygens (including phenoxy) is 1. The molecule has 0 atom stereocenters. The highest BCUT2D eigenvalue weighted by Crippen LogP contribution is 2.26. The minimum Gasteiger partial charge on any atom is -0.495 e. The van der Waals surface area contributed by atoms with E-state index in [2.05, 4.69) is 0 Å². The van der Waals surface area contributed by atoms with Gasteiger partial charge >= 0.3 is 0 Å². The average Bonchev–Trinajstić information content (AvgIpc) is 2.77. The van der Waals surface area contributed by atoms with Crippen LogP contribution in [0, 0.1) is 0 Å². The minimum atomic E-state index is 0.0547. The zero-order valence-corrected chi connectivity index (χ0v) is 10.8. The first kappa shape index (κ1) is 12.1. The van der Waals surface area contributed by atoms with Gasteiger partial charge in [-0.15, -0.1) is 11.3 Å². The van der Waals surface area contributed by atoms with Crippen LogP contribution in [0.25, 0.3) is 0 Å². The molecule has 0 N–H and O–H groups in total. The maximum atomic E-state index is 12.1. The van der Waals surface area contributed by atoms with E-state index in [-0.39, 0.29) is 5.78 Å². The Hall–Kier alpha value is -1.32. The normalized spacial score (nSPS) is 10.2. The Morgan fingerprint density at radius 3 is 2.94 bits per heavy atom. The molecule has 0 saturated heterocycles. The van der Waals surface area contributed by atoms with Crippen LogP contribution in [0.2, 0.25) is 5.02 Å². The predicted octanol–water partition coefficient (Wildman–Crippen LogP) is 3.84. The molecule has 4 heteroatoms. The molecular weight excluding hydrogens is 256 g/mol. The van der Waals surface area contributed by atoms with Crippen LogP contribution in [0.4, 0.5) is 0 Å². The third kappa shape index (κ3) is 2.87. The molecule has 0 bridgehead atoms. The second-order valence-electron chi connectivity index (χ2n) is 3.55. The van der Waals surface area contributed by atoms with Crippen LogP contribution < -0.4 is 4.74 Å². The number of Topliss-reactive ketones (excluding diaryl/α,β-unsaturated/α-hetero) is 1. The van der Waals surface area contributed by atoms with Gasteiger partial charge in [0.15, 0.2) is 5.78 Å². The number of hydrogen-bond acceptors (Lipinski definition) is 3. The Balaban J connectivity index is 2.17. The number of methoxy groups -OCH3 is 1. The van der Waals surface area contributed by atoms with Crippen molar-refractivity contribution in [1.29, 1.82) is 0 Å². The first-order valence-electron chi connectivity index (χ1n) is 5.10. The van der Waals surface area contributed by atoms with Gasteiger partial charge in [0.1, 0.15) is 10.6 Å². The van der Waals surface area contributed by atoms with E-state index in [1.807, 2.05) is 17.5 Å². The Bertz CT molecular complexity index is 534. The van der Waals surface area contributed by atoms with Crippen molar-refractivity contribution in [3.8, 4) is 5.75 Å². The number of halogens is 1. The lowest BCUT2D eigenvalue weighted by atomic mass is 10.1. The van der Waals surface area contributed by atoms with Gasteiger partial charge in [0.25, 0.3) is 0 Å². The number of carbonyl (C=O) groups excluding carboxylic acids is 1. The summed E-state index contributed by atoms with van der Waals surface area (Å²) in [6.07, 6.45) is 0.345. The van der Waals surface area contributed by atoms with E-state index in [9.17, 15) is 4.79 Å². The van der Waals surface area contributed by atoms with Crippen LogP contribution in [0.15, 0.2) is 35.7 Å². The highest BCUT2D eigenvalue weighted by Gasteiger charge is 2.14. The summed E-state index contributed by atoms with van der Waals surface area (Å²) in [5.41, 5.74) is 0.915. The molecule has 2 aromatic rings. The third-order valence-corrected chi connectivity index (χ3v) is 3.53. The van der Waals surface area contributed by atoms with Crippen molar-refractivity contribution in [2.75, 3.05) is 7.11 Å². The van der Waals surface area contributed by atoms with Gasteiger partial charge in [0, 0.05) is 11.4 Å². The summed E-state index contributed by atoms with van der Waals surface area (Å²) in [6.45, 7) is 0. The summed E-state index contributed by atoms with van der Waals surface area (Å²) < 4.78 is 5.13. The van der Waals surface area contributed by atoms with Crippen LogP contribution in [0.1, 0.15) is 15.2 Å². The summed E-state index contributed by atoms with van der Waals surface area (Å²) in [4.78, 5) is 12.7. The maximum absolute atomic E-state index is 12.1. The van der Waals surface area contributed by atoms with Crippen molar-refractivity contribution in [1.82, 2.24) is 0 Å². The predicted molar refractivity (Wildman–Crippen MR) is 70.4 cm³/mol. The molecule has 0 spiro atoms. The molecule has 0 amide bonds. The third-order valence-electron chi connectivity index (χ3n) is 2.36. The summed E-state index contributed by atoms with van der Waals surface area (Å²) in [5, 5.41) is 2.50. The van der Waals surface area contributed by atoms with Crippen molar-refractivity contribution in [3.63, 3.8) is 0 Å². The number of hydrogen-bond donors (Lipinski definition) is 0. The summed E-state index contributed by atoms with van der Waals surface area (Å²) >= 11 is 7.28. The van der Waals surface area contributed by atoms with Crippen molar-refractivity contribution >= 4 is 28.7 Å². The fourth-order valence-electron chi connectivity index (χ4n) is 1.57. The van der Waals surface area contributed by atoms with Gasteiger partial charge in [-0.25, -0.2) is 0 Å². The van der Waals surface area contributed by atoms with Gasteiger partial charge in [-0.1, -0.05) is 23.7 Å². The standard InChI is InChI=1S/C13H11ClO2S/c1-16-12-5-6-17-13(12)11(15)8-9-3-2-4-10(14)7-9/h2-7H,8H2,1H3. The van der Waals surface area contributed by atoms with Gasteiger partial charge in [-0.05, 0) is 29.1 Å². The van der Waals surface area contributed by atoms with Gasteiger partial charge in [0.05, 0.1) is 7.11 Å². The SMILES string of the molecule is COc1ccsc1C(=O)Cc1cccc(Cl)c1. The van der Waals surface area contributed by atoms with Gasteiger partial charge in [-0.2, -0.15) is 0 Å². The molecule has 1 aromatic carbocycles. The molecule has 2 nitrogen and oxygen atoms in total. The Morgan fingerprint density at radius 2 is 2.24 bits per heavy atom. The molecule has 17 heavy (non-hydrogen) atoms. The smallest absolute Gasteiger partial charge is 0.180 e. The Labute approximate surface area is 109 Å². The van der Waals surface area contributed by atoms with Crippen LogP contribution >= 0.6 is 22.9 Å². The van der Waals surface area contributed by atoms with E-state index in [1.54, 1.807) is 25.3 Å². The molecule has 0 fully saturated rings. The average molecular weight is 267 g/mol. The minimum absolute atomic E-state index is 0.0547. The largest absolute Gasteiger partial charge is 0.495 e. The summed E-state index contributed by atoms with van der Waals surface area (Å²) in [5.74, 6) is 0.696. The molecule has 1 aromatic heterocycles. The fraction of sp³-hybridized carbons (Fsp3) is 0.154. The summed E-state index contributed by atoms with van der Waals surface area (Å²) in [7, 11) is 1.57. The second kappa shape index (κ2) is 5.34. The quantitative estimate of drug-likeness (QED) is 0.786. The molecule has 0 aliphatic carbocycles. The second-order valence-corrected chi connectivity index (χ2v) is 4.90. The van der Waals surface area contributed by atoms with Crippen molar-refractivity contribution in [3.05, 3.63) is 51.2 Å². The van der Waals surface area contributed by atoms with E-state index in [4.69, 9.17) is 16.3 Å². The van der Waals surface area contributed by atoms with Crippen molar-refractivity contribution < 1.29 is 9.53 Å². The van der Waals surface area contributed by atoms with Gasteiger partial charge in [-0.3, -0.25) is 4.79 Å². The molecule has 0 aliphatic heterocycles. The molecule has 88 valence electrons. The van der Waals surface area contributed by atoms with Crippen molar-refractivity contribution in [2.24, 2.45) is 0 Å². The first-order valence-corrected chi connectivity index (χ1v) is 6.35. The van der Waals surface area contributed by atoms with Crippen LogP contribution in [-0.2, 0) is 6.42 Å². The number of ketones is 1. The number of thiophene rings is 1. The highest BCUT2D eigenvalue weighted by molar-refractivity contribution is 7.12. The maximum Gasteiger partial charge on any atom is 0.180 e. The number of carbonyl (C=O) groups is 1. The molecule has 2 rings (SSSR count). The van der Waals surface area contributed by atoms with Crippen LogP contribution in [0.3, 0.4) is 0 Å². The van der Waals surface area contributed by atoms with E-state index in [1.165, 1.54) is 11.3 Å². The van der Waals surface area contributed by atoms with Crippen LogP contribution in [0.5, 0.6) is 5.75 Å². The molecule has 0 aliphatic rings. The zero-order valence-electron chi connectivity index (χ0n) is 9.27. The van der Waals surface area contributed by atoms with E-state index < -0.39 is 0 Å². The zero-order chi connectivity index (χ0) is 12.3. The van der Waals surface area contributed by atoms with Crippen molar-refractivity contribution in [2.45, 2.75) is 6.42 Å². The lowest BCUT2D eigenvalue weighted by Crippen LogP contribution is -2.02. The molecular formula is C13H11ClO2S. The van der Waals surface area contributed by atoms with Crippen LogP contribution in [-0.4, -0.2) is 12.9 Å². The fourth-order valence-corrected chi connectivity index (χ4v) is 2.59. The first-order chi connectivity index (χ1) is 8.20. The van der Waals surface area contributed by atoms with E-state index >= 15 is 0 Å². The lowest BCUT2D eigenvalue weighted by molar-refractivity contribution is 0.0994.